The van der Waals surface area contributed by atoms with Gasteiger partial charge in [-0.05, 0) is 57.4 Å². The van der Waals surface area contributed by atoms with Crippen LogP contribution in [0.25, 0.3) is 0 Å². The van der Waals surface area contributed by atoms with Gasteiger partial charge >= 0.3 is 6.09 Å². The molecule has 1 atom stereocenters. The normalized spacial score (nSPS) is 18.6. The van der Waals surface area contributed by atoms with Crippen molar-refractivity contribution in [1.82, 2.24) is 15.5 Å². The van der Waals surface area contributed by atoms with Crippen LogP contribution in [0.15, 0.2) is 29.8 Å². The Balaban J connectivity index is 1.56. The van der Waals surface area contributed by atoms with E-state index in [-0.39, 0.29) is 11.9 Å². The average Bonchev–Trinajstić information content (AvgIpc) is 3.12. The van der Waals surface area contributed by atoms with E-state index < -0.39 is 6.09 Å². The van der Waals surface area contributed by atoms with Crippen LogP contribution in [0.1, 0.15) is 12.8 Å². The van der Waals surface area contributed by atoms with Crippen molar-refractivity contribution in [3.05, 3.63) is 35.7 Å². The fourth-order valence-corrected chi connectivity index (χ4v) is 3.68. The van der Waals surface area contributed by atoms with Crippen molar-refractivity contribution in [1.29, 1.82) is 5.26 Å². The van der Waals surface area contributed by atoms with E-state index in [1.54, 1.807) is 18.2 Å². The Morgan fingerprint density at radius 3 is 2.77 bits per heavy atom. The van der Waals surface area contributed by atoms with Crippen molar-refractivity contribution >= 4 is 34.8 Å². The van der Waals surface area contributed by atoms with Gasteiger partial charge in [-0.3, -0.25) is 9.80 Å². The summed E-state index contributed by atoms with van der Waals surface area (Å²) in [5, 5.41) is 15.3. The highest BCUT2D eigenvalue weighted by atomic mass is 32.1. The number of hydrogen-bond acceptors (Lipinski definition) is 6. The van der Waals surface area contributed by atoms with Gasteiger partial charge in [0.25, 0.3) is 0 Å². The van der Waals surface area contributed by atoms with Crippen molar-refractivity contribution in [2.45, 2.75) is 18.9 Å². The maximum Gasteiger partial charge on any atom is 0.414 e. The van der Waals surface area contributed by atoms with Crippen LogP contribution in [0.2, 0.25) is 0 Å². The van der Waals surface area contributed by atoms with Gasteiger partial charge in [0.05, 0.1) is 37.2 Å². The first-order valence-corrected chi connectivity index (χ1v) is 10.5. The number of ether oxygens (including phenoxy) is 1. The summed E-state index contributed by atoms with van der Waals surface area (Å²) in [5.74, 6) is -0.381. The largest absolute Gasteiger partial charge is 0.442 e. The number of benzene rings is 1. The van der Waals surface area contributed by atoms with Crippen LogP contribution in [-0.2, 0) is 4.74 Å². The van der Waals surface area contributed by atoms with Gasteiger partial charge in [0.2, 0.25) is 0 Å². The molecule has 31 heavy (non-hydrogen) atoms. The fraction of sp³-hybridized carbons (Fsp3) is 0.476. The number of anilines is 2. The van der Waals surface area contributed by atoms with Crippen molar-refractivity contribution in [3.63, 3.8) is 0 Å². The van der Waals surface area contributed by atoms with Crippen LogP contribution >= 0.6 is 12.2 Å². The number of thiocarbonyl (C=S) groups is 1. The Morgan fingerprint density at radius 2 is 2.13 bits per heavy atom. The molecule has 1 aromatic carbocycles. The summed E-state index contributed by atoms with van der Waals surface area (Å²) in [6.45, 7) is 2.60. The summed E-state index contributed by atoms with van der Waals surface area (Å²) in [7, 11) is 3.84. The maximum atomic E-state index is 14.8. The quantitative estimate of drug-likeness (QED) is 0.391. The molecule has 8 nitrogen and oxygen atoms in total. The van der Waals surface area contributed by atoms with E-state index in [1.165, 1.54) is 11.0 Å². The van der Waals surface area contributed by atoms with E-state index in [0.29, 0.717) is 49.3 Å². The maximum absolute atomic E-state index is 14.8. The fourth-order valence-electron chi connectivity index (χ4n) is 3.53. The molecule has 0 spiro atoms. The first kappa shape index (κ1) is 22.8. The molecule has 0 aromatic heterocycles. The van der Waals surface area contributed by atoms with Gasteiger partial charge in [0.1, 0.15) is 11.9 Å². The first-order valence-electron chi connectivity index (χ1n) is 10.1. The number of allylic oxidation sites excluding steroid dienone is 1. The highest BCUT2D eigenvalue weighted by molar-refractivity contribution is 7.80. The second kappa shape index (κ2) is 10.4. The molecule has 1 aromatic rings. The van der Waals surface area contributed by atoms with Crippen LogP contribution in [0.3, 0.4) is 0 Å². The highest BCUT2D eigenvalue weighted by Gasteiger charge is 2.33. The monoisotopic (exact) mass is 446 g/mol. The molecule has 10 heteroatoms. The molecule has 0 saturated carbocycles. The molecule has 1 amide bonds. The summed E-state index contributed by atoms with van der Waals surface area (Å²) < 4.78 is 20.2. The smallest absolute Gasteiger partial charge is 0.414 e. The van der Waals surface area contributed by atoms with Gasteiger partial charge in [0, 0.05) is 19.2 Å². The Hall–Kier alpha value is -2.90. The predicted molar refractivity (Wildman–Crippen MR) is 121 cm³/mol. The SMILES string of the molecule is CN(C)CNC(=S)NC[C@H]1CN(c2ccc(N3CCC(=CC#N)CC3)c(F)c2)C(=O)O1. The Morgan fingerprint density at radius 1 is 1.39 bits per heavy atom. The van der Waals surface area contributed by atoms with Crippen LogP contribution in [0.4, 0.5) is 20.6 Å². The summed E-state index contributed by atoms with van der Waals surface area (Å²) in [6, 6.07) is 6.86. The average molecular weight is 447 g/mol. The highest BCUT2D eigenvalue weighted by Crippen LogP contribution is 2.30. The summed E-state index contributed by atoms with van der Waals surface area (Å²) in [4.78, 5) is 17.6. The molecule has 3 rings (SSSR count). The third-order valence-corrected chi connectivity index (χ3v) is 5.47. The molecular formula is C21H27FN6O2S. The van der Waals surface area contributed by atoms with E-state index >= 15 is 0 Å². The molecule has 0 bridgehead atoms. The van der Waals surface area contributed by atoms with Crippen molar-refractivity contribution in [3.8, 4) is 6.07 Å². The Kier molecular flexibility index (Phi) is 7.65. The van der Waals surface area contributed by atoms with Crippen molar-refractivity contribution < 1.29 is 13.9 Å². The number of nitriles is 1. The second-order valence-electron chi connectivity index (χ2n) is 7.80. The van der Waals surface area contributed by atoms with E-state index in [9.17, 15) is 9.18 Å². The molecule has 166 valence electrons. The third-order valence-electron chi connectivity index (χ3n) is 5.18. The second-order valence-corrected chi connectivity index (χ2v) is 8.20. The number of amides is 1. The predicted octanol–water partition coefficient (Wildman–Crippen LogP) is 2.18. The van der Waals surface area contributed by atoms with Gasteiger partial charge in [-0.25, -0.2) is 9.18 Å². The number of piperidine rings is 1. The molecule has 2 aliphatic heterocycles. The Labute approximate surface area is 187 Å². The number of halogens is 1. The van der Waals surface area contributed by atoms with Crippen LogP contribution in [0, 0.1) is 17.1 Å². The Bertz CT molecular complexity index is 890. The standard InChI is InChI=1S/C21H27FN6O2S/c1-26(2)14-25-20(31)24-12-17-13-28(21(29)30-17)16-3-4-19(18(22)11-16)27-9-6-15(5-8-23)7-10-27/h3-5,11,17H,6-7,9-10,12-14H2,1-2H3,(H2,24,25,31)/t17-/m0/s1. The van der Waals surface area contributed by atoms with Gasteiger partial charge in [-0.15, -0.1) is 0 Å². The number of carbonyl (C=O) groups is 1. The number of hydrogen-bond donors (Lipinski definition) is 2. The lowest BCUT2D eigenvalue weighted by Gasteiger charge is -2.30. The zero-order valence-electron chi connectivity index (χ0n) is 17.7. The van der Waals surface area contributed by atoms with Crippen LogP contribution in [0.5, 0.6) is 0 Å². The van der Waals surface area contributed by atoms with Gasteiger partial charge in [0.15, 0.2) is 5.11 Å². The molecule has 2 N–H and O–H groups in total. The third kappa shape index (κ3) is 6.06. The number of nitrogens with one attached hydrogen (secondary N) is 2. The molecule has 2 heterocycles. The van der Waals surface area contributed by atoms with Gasteiger partial charge < -0.3 is 20.3 Å². The van der Waals surface area contributed by atoms with Gasteiger partial charge in [-0.1, -0.05) is 5.57 Å². The summed E-state index contributed by atoms with van der Waals surface area (Å²) in [6.07, 6.45) is 2.17. The lowest BCUT2D eigenvalue weighted by Crippen LogP contribution is -2.43. The number of nitrogens with zero attached hydrogens (tertiary/aromatic N) is 4. The van der Waals surface area contributed by atoms with E-state index in [2.05, 4.69) is 16.7 Å². The number of rotatable bonds is 6. The molecule has 2 aliphatic rings. The first-order chi connectivity index (χ1) is 14.9. The van der Waals surface area contributed by atoms with Crippen LogP contribution in [-0.4, -0.2) is 69.2 Å². The lowest BCUT2D eigenvalue weighted by molar-refractivity contribution is 0.142. The van der Waals surface area contributed by atoms with E-state index in [4.69, 9.17) is 22.2 Å². The minimum atomic E-state index is -0.504. The summed E-state index contributed by atoms with van der Waals surface area (Å²) in [5.41, 5.74) is 2.05. The van der Waals surface area contributed by atoms with Crippen molar-refractivity contribution in [2.24, 2.45) is 0 Å². The minimum absolute atomic E-state index is 0.312. The number of carbonyl (C=O) groups excluding carboxylic acids is 1. The number of cyclic esters (lactones) is 1. The summed E-state index contributed by atoms with van der Waals surface area (Å²) >= 11 is 5.20. The molecule has 0 unspecified atom stereocenters. The molecule has 2 saturated heterocycles. The van der Waals surface area contributed by atoms with Crippen LogP contribution < -0.4 is 20.4 Å². The van der Waals surface area contributed by atoms with Gasteiger partial charge in [-0.2, -0.15) is 5.26 Å². The van der Waals surface area contributed by atoms with E-state index in [1.807, 2.05) is 23.9 Å². The lowest BCUT2D eigenvalue weighted by atomic mass is 10.0. The minimum Gasteiger partial charge on any atom is -0.442 e. The molecule has 0 aliphatic carbocycles. The topological polar surface area (TPSA) is 83.9 Å². The zero-order chi connectivity index (χ0) is 22.4. The van der Waals surface area contributed by atoms with E-state index in [0.717, 1.165) is 18.4 Å². The van der Waals surface area contributed by atoms with Crippen molar-refractivity contribution in [2.75, 3.05) is 56.7 Å². The zero-order valence-corrected chi connectivity index (χ0v) is 18.5. The molecule has 0 radical (unpaired) electrons. The molecule has 2 fully saturated rings. The molecular weight excluding hydrogens is 419 g/mol.